The molecule has 0 aliphatic carbocycles. The lowest BCUT2D eigenvalue weighted by atomic mass is 10.1. The van der Waals surface area contributed by atoms with E-state index in [1.54, 1.807) is 19.2 Å². The SMILES string of the molecule is C=CCn1c(-c2ccccc2)c(NC(=O)OCC)sc1=NN=Cc1ccc(N(C)C)cc1. The summed E-state index contributed by atoms with van der Waals surface area (Å²) >= 11 is 1.33. The third-order valence-corrected chi connectivity index (χ3v) is 5.50. The topological polar surface area (TPSA) is 71.2 Å². The minimum atomic E-state index is -0.507. The molecule has 0 aliphatic rings. The van der Waals surface area contributed by atoms with Crippen molar-refractivity contribution in [2.45, 2.75) is 13.5 Å². The van der Waals surface area contributed by atoms with Crippen molar-refractivity contribution < 1.29 is 9.53 Å². The van der Waals surface area contributed by atoms with Gasteiger partial charge in [-0.3, -0.25) is 5.32 Å². The van der Waals surface area contributed by atoms with Crippen LogP contribution in [0.15, 0.2) is 77.5 Å². The van der Waals surface area contributed by atoms with Gasteiger partial charge >= 0.3 is 6.09 Å². The Morgan fingerprint density at radius 3 is 2.53 bits per heavy atom. The van der Waals surface area contributed by atoms with Gasteiger partial charge in [-0.2, -0.15) is 5.10 Å². The highest BCUT2D eigenvalue weighted by atomic mass is 32.1. The Balaban J connectivity index is 2.03. The number of hydrogen-bond acceptors (Lipinski definition) is 6. The van der Waals surface area contributed by atoms with E-state index in [9.17, 15) is 4.79 Å². The van der Waals surface area contributed by atoms with E-state index in [0.29, 0.717) is 23.0 Å². The summed E-state index contributed by atoms with van der Waals surface area (Å²) in [5.74, 6) is 0. The molecular weight excluding hydrogens is 422 g/mol. The third kappa shape index (κ3) is 5.73. The van der Waals surface area contributed by atoms with Crippen LogP contribution >= 0.6 is 11.3 Å². The van der Waals surface area contributed by atoms with Gasteiger partial charge < -0.3 is 14.2 Å². The summed E-state index contributed by atoms with van der Waals surface area (Å²) in [5.41, 5.74) is 3.83. The molecule has 2 aromatic carbocycles. The number of anilines is 2. The molecule has 166 valence electrons. The molecule has 0 saturated heterocycles. The Kier molecular flexibility index (Phi) is 7.99. The van der Waals surface area contributed by atoms with Crippen LogP contribution in [-0.4, -0.2) is 37.6 Å². The fourth-order valence-electron chi connectivity index (χ4n) is 3.02. The second-order valence-electron chi connectivity index (χ2n) is 7.00. The molecule has 32 heavy (non-hydrogen) atoms. The molecule has 0 bridgehead atoms. The van der Waals surface area contributed by atoms with Gasteiger partial charge in [0, 0.05) is 31.9 Å². The van der Waals surface area contributed by atoms with Gasteiger partial charge in [0.2, 0.25) is 4.80 Å². The summed E-state index contributed by atoms with van der Waals surface area (Å²) < 4.78 is 7.05. The fourth-order valence-corrected chi connectivity index (χ4v) is 4.02. The van der Waals surface area contributed by atoms with Gasteiger partial charge in [0.15, 0.2) is 0 Å². The van der Waals surface area contributed by atoms with Crippen molar-refractivity contribution in [2.75, 3.05) is 30.9 Å². The molecule has 1 heterocycles. The van der Waals surface area contributed by atoms with Gasteiger partial charge in [-0.15, -0.1) is 11.7 Å². The van der Waals surface area contributed by atoms with Gasteiger partial charge in [0.1, 0.15) is 5.00 Å². The van der Waals surface area contributed by atoms with Crippen molar-refractivity contribution in [1.29, 1.82) is 0 Å². The lowest BCUT2D eigenvalue weighted by Crippen LogP contribution is -2.15. The van der Waals surface area contributed by atoms with E-state index in [2.05, 4.69) is 22.1 Å². The Morgan fingerprint density at radius 1 is 1.19 bits per heavy atom. The first-order chi connectivity index (χ1) is 15.5. The maximum Gasteiger partial charge on any atom is 0.412 e. The predicted molar refractivity (Wildman–Crippen MR) is 133 cm³/mol. The number of rotatable bonds is 8. The largest absolute Gasteiger partial charge is 0.450 e. The first-order valence-electron chi connectivity index (χ1n) is 10.2. The van der Waals surface area contributed by atoms with Crippen molar-refractivity contribution in [2.24, 2.45) is 10.2 Å². The van der Waals surface area contributed by atoms with E-state index in [1.807, 2.05) is 78.2 Å². The minimum Gasteiger partial charge on any atom is -0.450 e. The predicted octanol–water partition coefficient (Wildman–Crippen LogP) is 4.97. The number of carbonyl (C=O) groups is 1. The quantitative estimate of drug-likeness (QED) is 0.300. The molecule has 0 saturated carbocycles. The normalized spacial score (nSPS) is 11.5. The molecule has 0 radical (unpaired) electrons. The molecule has 0 spiro atoms. The van der Waals surface area contributed by atoms with Crippen LogP contribution in [0, 0.1) is 0 Å². The molecule has 3 aromatic rings. The lowest BCUT2D eigenvalue weighted by molar-refractivity contribution is 0.168. The zero-order valence-corrected chi connectivity index (χ0v) is 19.3. The molecule has 1 N–H and O–H groups in total. The third-order valence-electron chi connectivity index (χ3n) is 4.52. The molecule has 3 rings (SSSR count). The molecule has 1 amide bonds. The van der Waals surface area contributed by atoms with Gasteiger partial charge in [-0.25, -0.2) is 4.79 Å². The number of nitrogens with one attached hydrogen (secondary N) is 1. The number of hydrogen-bond donors (Lipinski definition) is 1. The van der Waals surface area contributed by atoms with Crippen molar-refractivity contribution in [3.63, 3.8) is 0 Å². The molecular formula is C24H27N5O2S. The summed E-state index contributed by atoms with van der Waals surface area (Å²) in [5, 5.41) is 12.2. The van der Waals surface area contributed by atoms with Gasteiger partial charge in [-0.1, -0.05) is 59.9 Å². The van der Waals surface area contributed by atoms with Gasteiger partial charge in [-0.05, 0) is 24.6 Å². The van der Waals surface area contributed by atoms with Crippen molar-refractivity contribution in [3.05, 3.63) is 77.6 Å². The Hall–Kier alpha value is -3.65. The Morgan fingerprint density at radius 2 is 1.91 bits per heavy atom. The van der Waals surface area contributed by atoms with Gasteiger partial charge in [0.05, 0.1) is 18.5 Å². The number of nitrogens with zero attached hydrogens (tertiary/aromatic N) is 4. The van der Waals surface area contributed by atoms with E-state index in [0.717, 1.165) is 22.5 Å². The van der Waals surface area contributed by atoms with E-state index in [-0.39, 0.29) is 0 Å². The average Bonchev–Trinajstić information content (AvgIpc) is 3.11. The molecule has 0 unspecified atom stereocenters. The van der Waals surface area contributed by atoms with Crippen molar-refractivity contribution in [1.82, 2.24) is 4.57 Å². The summed E-state index contributed by atoms with van der Waals surface area (Å²) in [6, 6.07) is 17.8. The van der Waals surface area contributed by atoms with E-state index in [4.69, 9.17) is 4.74 Å². The second kappa shape index (κ2) is 11.1. The Labute approximate surface area is 192 Å². The Bertz CT molecular complexity index is 1150. The van der Waals surface area contributed by atoms with Crippen LogP contribution < -0.4 is 15.0 Å². The van der Waals surface area contributed by atoms with E-state index >= 15 is 0 Å². The monoisotopic (exact) mass is 449 g/mol. The maximum absolute atomic E-state index is 12.1. The number of aromatic nitrogens is 1. The molecule has 0 aliphatic heterocycles. The average molecular weight is 450 g/mol. The van der Waals surface area contributed by atoms with E-state index in [1.165, 1.54) is 11.3 Å². The zero-order chi connectivity index (χ0) is 22.9. The number of benzene rings is 2. The fraction of sp³-hybridized carbons (Fsp3) is 0.208. The van der Waals surface area contributed by atoms with Crippen LogP contribution in [0.5, 0.6) is 0 Å². The smallest absolute Gasteiger partial charge is 0.412 e. The zero-order valence-electron chi connectivity index (χ0n) is 18.5. The van der Waals surface area contributed by atoms with Gasteiger partial charge in [0.25, 0.3) is 0 Å². The summed E-state index contributed by atoms with van der Waals surface area (Å²) in [7, 11) is 4.00. The summed E-state index contributed by atoms with van der Waals surface area (Å²) in [6.45, 7) is 6.44. The maximum atomic E-state index is 12.1. The first kappa shape index (κ1) is 23.0. The molecule has 0 fully saturated rings. The number of thiazole rings is 1. The first-order valence-corrected chi connectivity index (χ1v) is 11.0. The highest BCUT2D eigenvalue weighted by Crippen LogP contribution is 2.31. The molecule has 8 heteroatoms. The molecule has 0 atom stereocenters. The number of amides is 1. The minimum absolute atomic E-state index is 0.290. The standard InChI is InChI=1S/C24H27N5O2S/c1-5-16-29-21(19-10-8-7-9-11-19)22(26-24(30)31-6-2)32-23(29)27-25-17-18-12-14-20(15-13-18)28(3)4/h5,7-15,17H,1,6,16H2,2-4H3,(H,26,30). The van der Waals surface area contributed by atoms with Crippen LogP contribution in [0.2, 0.25) is 0 Å². The van der Waals surface area contributed by atoms with Crippen LogP contribution in [0.3, 0.4) is 0 Å². The summed E-state index contributed by atoms with van der Waals surface area (Å²) in [4.78, 5) is 14.8. The number of ether oxygens (including phenoxy) is 1. The van der Waals surface area contributed by atoms with Crippen LogP contribution in [-0.2, 0) is 11.3 Å². The van der Waals surface area contributed by atoms with Crippen molar-refractivity contribution >= 4 is 34.3 Å². The number of allylic oxidation sites excluding steroid dienone is 1. The van der Waals surface area contributed by atoms with E-state index < -0.39 is 6.09 Å². The number of carbonyl (C=O) groups excluding carboxylic acids is 1. The summed E-state index contributed by atoms with van der Waals surface area (Å²) in [6.07, 6.45) is 2.99. The highest BCUT2D eigenvalue weighted by molar-refractivity contribution is 7.14. The van der Waals surface area contributed by atoms with Crippen LogP contribution in [0.25, 0.3) is 11.3 Å². The molecule has 1 aromatic heterocycles. The van der Waals surface area contributed by atoms with Crippen LogP contribution in [0.1, 0.15) is 12.5 Å². The highest BCUT2D eigenvalue weighted by Gasteiger charge is 2.17. The molecule has 7 nitrogen and oxygen atoms in total. The van der Waals surface area contributed by atoms with Crippen molar-refractivity contribution in [3.8, 4) is 11.3 Å². The second-order valence-corrected chi connectivity index (χ2v) is 7.98. The van der Waals surface area contributed by atoms with Crippen LogP contribution in [0.4, 0.5) is 15.5 Å². The lowest BCUT2D eigenvalue weighted by Gasteiger charge is -2.11.